The summed E-state index contributed by atoms with van der Waals surface area (Å²) in [7, 11) is 0. The van der Waals surface area contributed by atoms with Gasteiger partial charge in [-0.3, -0.25) is 10.1 Å². The molecule has 0 bridgehead atoms. The predicted molar refractivity (Wildman–Crippen MR) is 76.7 cm³/mol. The molecule has 0 atom stereocenters. The van der Waals surface area contributed by atoms with E-state index in [0.29, 0.717) is 23.7 Å². The number of nitrogens with two attached hydrogens (primary N) is 1. The van der Waals surface area contributed by atoms with Crippen LogP contribution < -0.4 is 11.1 Å². The zero-order valence-electron chi connectivity index (χ0n) is 10.5. The Bertz CT molecular complexity index is 749. The summed E-state index contributed by atoms with van der Waals surface area (Å²) in [6.07, 6.45) is 2.25. The van der Waals surface area contributed by atoms with Gasteiger partial charge in [-0.25, -0.2) is 4.98 Å². The zero-order chi connectivity index (χ0) is 13.9. The highest BCUT2D eigenvalue weighted by molar-refractivity contribution is 7.15. The Hall–Kier alpha value is -2.32. The predicted octanol–water partition coefficient (Wildman–Crippen LogP) is 1.17. The molecule has 0 aliphatic heterocycles. The summed E-state index contributed by atoms with van der Waals surface area (Å²) in [5.74, 6) is -0.225. The number of imidazole rings is 1. The van der Waals surface area contributed by atoms with Crippen LogP contribution in [0.2, 0.25) is 0 Å². The third-order valence-electron chi connectivity index (χ3n) is 2.73. The molecule has 4 N–H and O–H groups in total. The highest BCUT2D eigenvalue weighted by Gasteiger charge is 2.11. The van der Waals surface area contributed by atoms with Crippen LogP contribution in [0, 0.1) is 0 Å². The average Bonchev–Trinajstić information content (AvgIpc) is 3.07. The van der Waals surface area contributed by atoms with Gasteiger partial charge in [0.15, 0.2) is 0 Å². The van der Waals surface area contributed by atoms with E-state index in [1.807, 2.05) is 0 Å². The van der Waals surface area contributed by atoms with Gasteiger partial charge in [-0.15, -0.1) is 10.2 Å². The van der Waals surface area contributed by atoms with Gasteiger partial charge in [0, 0.05) is 12.0 Å². The van der Waals surface area contributed by atoms with Crippen LogP contribution in [-0.2, 0) is 6.42 Å². The molecule has 0 aliphatic rings. The Balaban J connectivity index is 1.77. The summed E-state index contributed by atoms with van der Waals surface area (Å²) >= 11 is 1.33. The fraction of sp³-hybridized carbons (Fsp3) is 0.167. The number of aromatic amines is 1. The van der Waals surface area contributed by atoms with E-state index in [4.69, 9.17) is 5.73 Å². The van der Waals surface area contributed by atoms with Crippen molar-refractivity contribution in [3.63, 3.8) is 0 Å². The van der Waals surface area contributed by atoms with Gasteiger partial charge < -0.3 is 10.7 Å². The molecule has 20 heavy (non-hydrogen) atoms. The summed E-state index contributed by atoms with van der Waals surface area (Å²) < 4.78 is 0. The molecule has 2 heterocycles. The van der Waals surface area contributed by atoms with Gasteiger partial charge >= 0.3 is 0 Å². The van der Waals surface area contributed by atoms with Crippen LogP contribution in [0.15, 0.2) is 24.5 Å². The molecule has 0 unspecified atom stereocenters. The number of amides is 1. The molecule has 1 amide bonds. The summed E-state index contributed by atoms with van der Waals surface area (Å²) in [5, 5.41) is 11.9. The minimum Gasteiger partial charge on any atom is -0.345 e. The van der Waals surface area contributed by atoms with Crippen LogP contribution in [0.1, 0.15) is 15.4 Å². The smallest absolute Gasteiger partial charge is 0.257 e. The van der Waals surface area contributed by atoms with Gasteiger partial charge in [-0.05, 0) is 24.7 Å². The lowest BCUT2D eigenvalue weighted by molar-refractivity contribution is 0.102. The van der Waals surface area contributed by atoms with Crippen LogP contribution in [-0.4, -0.2) is 32.6 Å². The van der Waals surface area contributed by atoms with Gasteiger partial charge in [0.05, 0.1) is 17.4 Å². The first-order valence-corrected chi connectivity index (χ1v) is 6.85. The molecule has 0 saturated heterocycles. The number of benzene rings is 1. The van der Waals surface area contributed by atoms with E-state index in [9.17, 15) is 4.79 Å². The first kappa shape index (κ1) is 12.7. The summed E-state index contributed by atoms with van der Waals surface area (Å²) in [6, 6.07) is 5.26. The van der Waals surface area contributed by atoms with E-state index >= 15 is 0 Å². The molecule has 3 aromatic rings. The van der Waals surface area contributed by atoms with Gasteiger partial charge in [-0.1, -0.05) is 11.3 Å². The quantitative estimate of drug-likeness (QED) is 0.667. The van der Waals surface area contributed by atoms with Crippen molar-refractivity contribution in [2.75, 3.05) is 11.9 Å². The maximum atomic E-state index is 12.1. The van der Waals surface area contributed by atoms with Crippen molar-refractivity contribution in [2.24, 2.45) is 5.73 Å². The third-order valence-corrected chi connectivity index (χ3v) is 3.63. The average molecular weight is 288 g/mol. The zero-order valence-corrected chi connectivity index (χ0v) is 11.3. The molecule has 2 aromatic heterocycles. The number of aromatic nitrogens is 4. The molecule has 0 aliphatic carbocycles. The molecule has 1 aromatic carbocycles. The monoisotopic (exact) mass is 288 g/mol. The molecule has 102 valence electrons. The number of carbonyl (C=O) groups excluding carboxylic acids is 1. The van der Waals surface area contributed by atoms with Gasteiger partial charge in [0.25, 0.3) is 5.91 Å². The lowest BCUT2D eigenvalue weighted by atomic mass is 10.2. The van der Waals surface area contributed by atoms with Crippen LogP contribution in [0.25, 0.3) is 11.0 Å². The first-order valence-electron chi connectivity index (χ1n) is 6.03. The second-order valence-corrected chi connectivity index (χ2v) is 5.19. The summed E-state index contributed by atoms with van der Waals surface area (Å²) in [5.41, 5.74) is 7.63. The van der Waals surface area contributed by atoms with E-state index in [1.54, 1.807) is 24.5 Å². The molecule has 0 radical (unpaired) electrons. The highest BCUT2D eigenvalue weighted by Crippen LogP contribution is 2.17. The Morgan fingerprint density at radius 3 is 3.15 bits per heavy atom. The van der Waals surface area contributed by atoms with Crippen LogP contribution in [0.4, 0.5) is 5.13 Å². The fourth-order valence-corrected chi connectivity index (χ4v) is 2.52. The van der Waals surface area contributed by atoms with Gasteiger partial charge in [0.1, 0.15) is 5.01 Å². The van der Waals surface area contributed by atoms with Crippen molar-refractivity contribution >= 4 is 33.4 Å². The molecular formula is C12H12N6OS. The number of nitrogens with one attached hydrogen (secondary N) is 2. The Labute approximate surface area is 118 Å². The number of hydrogen-bond acceptors (Lipinski definition) is 6. The lowest BCUT2D eigenvalue weighted by Crippen LogP contribution is -2.11. The Morgan fingerprint density at radius 2 is 2.30 bits per heavy atom. The number of H-pyrrole nitrogens is 1. The van der Waals surface area contributed by atoms with E-state index in [1.165, 1.54) is 11.3 Å². The topological polar surface area (TPSA) is 110 Å². The minimum atomic E-state index is -0.225. The maximum Gasteiger partial charge on any atom is 0.257 e. The number of anilines is 1. The highest BCUT2D eigenvalue weighted by atomic mass is 32.1. The van der Waals surface area contributed by atoms with Crippen LogP contribution in [0.5, 0.6) is 0 Å². The molecule has 0 saturated carbocycles. The normalized spacial score (nSPS) is 10.8. The van der Waals surface area contributed by atoms with E-state index in [-0.39, 0.29) is 5.91 Å². The second-order valence-electron chi connectivity index (χ2n) is 4.13. The first-order chi connectivity index (χ1) is 9.76. The summed E-state index contributed by atoms with van der Waals surface area (Å²) in [4.78, 5) is 19.2. The second kappa shape index (κ2) is 5.35. The number of rotatable bonds is 4. The molecule has 0 fully saturated rings. The standard InChI is InChI=1S/C12H12N6OS/c13-4-3-10-17-18-12(20-10)16-11(19)7-1-2-8-9(5-7)15-6-14-8/h1-2,5-6H,3-4,13H2,(H,14,15)(H,16,18,19). The largest absolute Gasteiger partial charge is 0.345 e. The Kier molecular flexibility index (Phi) is 3.40. The van der Waals surface area contributed by atoms with E-state index < -0.39 is 0 Å². The number of hydrogen-bond donors (Lipinski definition) is 3. The number of fused-ring (bicyclic) bond motifs is 1. The van der Waals surface area contributed by atoms with Gasteiger partial charge in [-0.2, -0.15) is 0 Å². The van der Waals surface area contributed by atoms with Crippen molar-refractivity contribution in [3.05, 3.63) is 35.1 Å². The molecule has 0 spiro atoms. The SMILES string of the molecule is NCCc1nnc(NC(=O)c2ccc3nc[nH]c3c2)s1. The molecule has 3 rings (SSSR count). The Morgan fingerprint density at radius 1 is 1.40 bits per heavy atom. The summed E-state index contributed by atoms with van der Waals surface area (Å²) in [6.45, 7) is 0.513. The minimum absolute atomic E-state index is 0.225. The van der Waals surface area contributed by atoms with Crippen molar-refractivity contribution in [3.8, 4) is 0 Å². The molecular weight excluding hydrogens is 276 g/mol. The fourth-order valence-electron chi connectivity index (χ4n) is 1.77. The maximum absolute atomic E-state index is 12.1. The third kappa shape index (κ3) is 2.51. The number of nitrogens with zero attached hydrogens (tertiary/aromatic N) is 3. The van der Waals surface area contributed by atoms with Crippen LogP contribution >= 0.6 is 11.3 Å². The van der Waals surface area contributed by atoms with E-state index in [0.717, 1.165) is 16.0 Å². The van der Waals surface area contributed by atoms with Crippen molar-refractivity contribution in [1.82, 2.24) is 20.2 Å². The van der Waals surface area contributed by atoms with Crippen molar-refractivity contribution in [2.45, 2.75) is 6.42 Å². The lowest BCUT2D eigenvalue weighted by Gasteiger charge is -2.00. The van der Waals surface area contributed by atoms with Crippen molar-refractivity contribution < 1.29 is 4.79 Å². The van der Waals surface area contributed by atoms with Crippen molar-refractivity contribution in [1.29, 1.82) is 0 Å². The van der Waals surface area contributed by atoms with Crippen LogP contribution in [0.3, 0.4) is 0 Å². The molecule has 7 nitrogen and oxygen atoms in total. The number of carbonyl (C=O) groups is 1. The van der Waals surface area contributed by atoms with Gasteiger partial charge in [0.2, 0.25) is 5.13 Å². The van der Waals surface area contributed by atoms with E-state index in [2.05, 4.69) is 25.5 Å². The molecule has 8 heteroatoms.